The average molecular weight is 397 g/mol. The van der Waals surface area contributed by atoms with Crippen molar-refractivity contribution >= 4 is 45.4 Å². The Morgan fingerprint density at radius 2 is 1.83 bits per heavy atom. The van der Waals surface area contributed by atoms with Crippen LogP contribution in [0.3, 0.4) is 0 Å². The summed E-state index contributed by atoms with van der Waals surface area (Å²) in [7, 11) is 0. The highest BCUT2D eigenvalue weighted by molar-refractivity contribution is 9.10. The summed E-state index contributed by atoms with van der Waals surface area (Å²) in [5.74, 6) is 1.55. The fraction of sp³-hybridized carbons (Fsp3) is 0.438. The van der Waals surface area contributed by atoms with E-state index in [1.165, 1.54) is 4.90 Å². The molecule has 5 nitrogen and oxygen atoms in total. The van der Waals surface area contributed by atoms with Crippen LogP contribution in [0, 0.1) is 0 Å². The number of amides is 3. The Labute approximate surface area is 147 Å². The number of imide groups is 1. The molecule has 0 bridgehead atoms. The van der Waals surface area contributed by atoms with Crippen LogP contribution in [-0.2, 0) is 4.79 Å². The van der Waals surface area contributed by atoms with Gasteiger partial charge in [0, 0.05) is 42.0 Å². The Kier molecular flexibility index (Phi) is 5.06. The van der Waals surface area contributed by atoms with Crippen LogP contribution in [-0.4, -0.2) is 58.7 Å². The summed E-state index contributed by atoms with van der Waals surface area (Å²) in [6, 6.07) is 5.09. The molecule has 2 heterocycles. The van der Waals surface area contributed by atoms with E-state index in [0.717, 1.165) is 29.1 Å². The van der Waals surface area contributed by atoms with Crippen molar-refractivity contribution in [1.29, 1.82) is 0 Å². The third-order valence-electron chi connectivity index (χ3n) is 4.07. The number of hydrogen-bond donors (Lipinski definition) is 0. The third kappa shape index (κ3) is 3.45. The van der Waals surface area contributed by atoms with E-state index in [-0.39, 0.29) is 24.3 Å². The normalized spacial score (nSPS) is 17.6. The summed E-state index contributed by atoms with van der Waals surface area (Å²) in [6.45, 7) is 1.88. The summed E-state index contributed by atoms with van der Waals surface area (Å²) in [6.07, 6.45) is 0.886. The van der Waals surface area contributed by atoms with E-state index in [1.54, 1.807) is 18.2 Å². The maximum absolute atomic E-state index is 12.3. The Morgan fingerprint density at radius 3 is 2.57 bits per heavy atom. The van der Waals surface area contributed by atoms with Gasteiger partial charge in [-0.05, 0) is 24.6 Å². The lowest BCUT2D eigenvalue weighted by Gasteiger charge is -2.26. The zero-order chi connectivity index (χ0) is 16.4. The predicted molar refractivity (Wildman–Crippen MR) is 92.6 cm³/mol. The minimum atomic E-state index is -0.270. The van der Waals surface area contributed by atoms with E-state index < -0.39 is 0 Å². The van der Waals surface area contributed by atoms with Gasteiger partial charge >= 0.3 is 0 Å². The molecule has 1 aromatic rings. The first-order valence-corrected chi connectivity index (χ1v) is 9.54. The fourth-order valence-electron chi connectivity index (χ4n) is 2.83. The summed E-state index contributed by atoms with van der Waals surface area (Å²) in [4.78, 5) is 39.8. The van der Waals surface area contributed by atoms with Gasteiger partial charge in [0.15, 0.2) is 0 Å². The first kappa shape index (κ1) is 16.5. The van der Waals surface area contributed by atoms with Crippen LogP contribution in [0.15, 0.2) is 22.7 Å². The lowest BCUT2D eigenvalue weighted by atomic mass is 10.1. The molecule has 3 amide bonds. The Balaban J connectivity index is 1.56. The second-order valence-electron chi connectivity index (χ2n) is 5.55. The SMILES string of the molecule is O=C(CCCN1C(=O)c2ccc(Br)cc2C1=O)N1CCSCC1. The van der Waals surface area contributed by atoms with Crippen LogP contribution in [0.2, 0.25) is 0 Å². The van der Waals surface area contributed by atoms with Gasteiger partial charge in [-0.25, -0.2) is 0 Å². The summed E-state index contributed by atoms with van der Waals surface area (Å²) in [5.41, 5.74) is 0.876. The molecule has 7 heteroatoms. The zero-order valence-corrected chi connectivity index (χ0v) is 15.0. The van der Waals surface area contributed by atoms with Crippen LogP contribution >= 0.6 is 27.7 Å². The van der Waals surface area contributed by atoms with E-state index >= 15 is 0 Å². The fourth-order valence-corrected chi connectivity index (χ4v) is 4.09. The molecule has 0 radical (unpaired) electrons. The van der Waals surface area contributed by atoms with E-state index in [4.69, 9.17) is 0 Å². The molecule has 0 aromatic heterocycles. The molecule has 0 N–H and O–H groups in total. The molecule has 1 aromatic carbocycles. The van der Waals surface area contributed by atoms with Crippen molar-refractivity contribution in [2.24, 2.45) is 0 Å². The number of thioether (sulfide) groups is 1. The van der Waals surface area contributed by atoms with E-state index in [9.17, 15) is 14.4 Å². The molecule has 3 rings (SSSR count). The number of halogens is 1. The van der Waals surface area contributed by atoms with Gasteiger partial charge in [0.05, 0.1) is 11.1 Å². The van der Waals surface area contributed by atoms with Gasteiger partial charge in [-0.3, -0.25) is 19.3 Å². The monoisotopic (exact) mass is 396 g/mol. The van der Waals surface area contributed by atoms with Gasteiger partial charge in [0.25, 0.3) is 11.8 Å². The molecule has 0 aliphatic carbocycles. The van der Waals surface area contributed by atoms with Crippen LogP contribution in [0.1, 0.15) is 33.6 Å². The van der Waals surface area contributed by atoms with Gasteiger partial charge < -0.3 is 4.90 Å². The van der Waals surface area contributed by atoms with Crippen LogP contribution in [0.4, 0.5) is 0 Å². The van der Waals surface area contributed by atoms with Gasteiger partial charge in [-0.15, -0.1) is 0 Å². The number of rotatable bonds is 4. The minimum Gasteiger partial charge on any atom is -0.341 e. The smallest absolute Gasteiger partial charge is 0.261 e. The van der Waals surface area contributed by atoms with Crippen molar-refractivity contribution in [2.45, 2.75) is 12.8 Å². The molecule has 2 aliphatic heterocycles. The standard InChI is InChI=1S/C16H17BrN2O3S/c17-11-3-4-12-13(10-11)16(22)19(15(12)21)5-1-2-14(20)18-6-8-23-9-7-18/h3-4,10H,1-2,5-9H2. The van der Waals surface area contributed by atoms with Gasteiger partial charge in [0.1, 0.15) is 0 Å². The van der Waals surface area contributed by atoms with E-state index in [2.05, 4.69) is 15.9 Å². The largest absolute Gasteiger partial charge is 0.341 e. The van der Waals surface area contributed by atoms with Crippen LogP contribution in [0.5, 0.6) is 0 Å². The number of carbonyl (C=O) groups is 3. The van der Waals surface area contributed by atoms with Crippen molar-refractivity contribution in [3.05, 3.63) is 33.8 Å². The second kappa shape index (κ2) is 7.05. The second-order valence-corrected chi connectivity index (χ2v) is 7.69. The summed E-state index contributed by atoms with van der Waals surface area (Å²) in [5, 5.41) is 0. The first-order chi connectivity index (χ1) is 11.1. The quantitative estimate of drug-likeness (QED) is 0.733. The van der Waals surface area contributed by atoms with Crippen LogP contribution < -0.4 is 0 Å². The van der Waals surface area contributed by atoms with E-state index in [0.29, 0.717) is 24.0 Å². The summed E-state index contributed by atoms with van der Waals surface area (Å²) < 4.78 is 0.775. The van der Waals surface area contributed by atoms with E-state index in [1.807, 2.05) is 16.7 Å². The highest BCUT2D eigenvalue weighted by Gasteiger charge is 2.35. The van der Waals surface area contributed by atoms with Crippen molar-refractivity contribution in [3.8, 4) is 0 Å². The van der Waals surface area contributed by atoms with Crippen molar-refractivity contribution in [2.75, 3.05) is 31.1 Å². The van der Waals surface area contributed by atoms with Crippen molar-refractivity contribution in [1.82, 2.24) is 9.80 Å². The number of carbonyl (C=O) groups excluding carboxylic acids is 3. The van der Waals surface area contributed by atoms with Gasteiger partial charge in [-0.2, -0.15) is 11.8 Å². The zero-order valence-electron chi connectivity index (χ0n) is 12.6. The third-order valence-corrected chi connectivity index (χ3v) is 5.50. The number of hydrogen-bond acceptors (Lipinski definition) is 4. The Bertz CT molecular complexity index is 659. The first-order valence-electron chi connectivity index (χ1n) is 7.59. The molecule has 23 heavy (non-hydrogen) atoms. The average Bonchev–Trinajstić information content (AvgIpc) is 2.80. The Hall–Kier alpha value is -1.34. The predicted octanol–water partition coefficient (Wildman–Crippen LogP) is 2.40. The summed E-state index contributed by atoms with van der Waals surface area (Å²) >= 11 is 5.17. The van der Waals surface area contributed by atoms with Crippen molar-refractivity contribution in [3.63, 3.8) is 0 Å². The molecule has 0 spiro atoms. The minimum absolute atomic E-state index is 0.115. The number of nitrogens with zero attached hydrogens (tertiary/aromatic N) is 2. The van der Waals surface area contributed by atoms with Crippen LogP contribution in [0.25, 0.3) is 0 Å². The van der Waals surface area contributed by atoms with Gasteiger partial charge in [0.2, 0.25) is 5.91 Å². The molecule has 0 saturated carbocycles. The highest BCUT2D eigenvalue weighted by Crippen LogP contribution is 2.26. The number of benzene rings is 1. The molecular formula is C16H17BrN2O3S. The lowest BCUT2D eigenvalue weighted by Crippen LogP contribution is -2.38. The molecular weight excluding hydrogens is 380 g/mol. The molecule has 1 fully saturated rings. The molecule has 122 valence electrons. The van der Waals surface area contributed by atoms with Crippen molar-refractivity contribution < 1.29 is 14.4 Å². The molecule has 2 aliphatic rings. The maximum Gasteiger partial charge on any atom is 0.261 e. The molecule has 1 saturated heterocycles. The lowest BCUT2D eigenvalue weighted by molar-refractivity contribution is -0.130. The topological polar surface area (TPSA) is 57.7 Å². The molecule has 0 unspecified atom stereocenters. The number of fused-ring (bicyclic) bond motifs is 1. The molecule has 0 atom stereocenters. The highest BCUT2D eigenvalue weighted by atomic mass is 79.9. The maximum atomic E-state index is 12.3. The van der Waals surface area contributed by atoms with Gasteiger partial charge in [-0.1, -0.05) is 15.9 Å². The Morgan fingerprint density at radius 1 is 1.13 bits per heavy atom.